The number of anilines is 1. The molecule has 0 aromatic heterocycles. The first-order chi connectivity index (χ1) is 7.67. The summed E-state index contributed by atoms with van der Waals surface area (Å²) in [5.41, 5.74) is 2.35. The van der Waals surface area contributed by atoms with Crippen molar-refractivity contribution in [3.63, 3.8) is 0 Å². The quantitative estimate of drug-likeness (QED) is 0.773. The molecule has 0 aliphatic heterocycles. The first-order valence-electron chi connectivity index (χ1n) is 6.13. The van der Waals surface area contributed by atoms with E-state index in [-0.39, 0.29) is 6.61 Å². The van der Waals surface area contributed by atoms with E-state index in [4.69, 9.17) is 5.11 Å². The summed E-state index contributed by atoms with van der Waals surface area (Å²) in [6.07, 6.45) is 1.87. The normalized spacial score (nSPS) is 12.8. The van der Waals surface area contributed by atoms with Crippen LogP contribution in [-0.4, -0.2) is 17.8 Å². The smallest absolute Gasteiger partial charge is 0.0471 e. The van der Waals surface area contributed by atoms with Crippen molar-refractivity contribution in [3.05, 3.63) is 29.8 Å². The third kappa shape index (κ3) is 3.86. The Morgan fingerprint density at radius 2 is 1.81 bits per heavy atom. The van der Waals surface area contributed by atoms with Crippen molar-refractivity contribution in [2.24, 2.45) is 5.92 Å². The molecule has 0 radical (unpaired) electrons. The molecule has 1 unspecified atom stereocenters. The van der Waals surface area contributed by atoms with Crippen molar-refractivity contribution in [3.8, 4) is 0 Å². The average molecular weight is 221 g/mol. The summed E-state index contributed by atoms with van der Waals surface area (Å²) in [6.45, 7) is 6.90. The van der Waals surface area contributed by atoms with Crippen LogP contribution in [0, 0.1) is 5.92 Å². The van der Waals surface area contributed by atoms with E-state index in [1.165, 1.54) is 11.3 Å². The van der Waals surface area contributed by atoms with Crippen LogP contribution in [0.5, 0.6) is 0 Å². The predicted octanol–water partition coefficient (Wildman–Crippen LogP) is 3.07. The highest BCUT2D eigenvalue weighted by atomic mass is 16.2. The van der Waals surface area contributed by atoms with E-state index in [1.54, 1.807) is 0 Å². The van der Waals surface area contributed by atoms with E-state index in [1.807, 2.05) is 0 Å². The van der Waals surface area contributed by atoms with Crippen LogP contribution >= 0.6 is 0 Å². The lowest BCUT2D eigenvalue weighted by molar-refractivity contribution is 0.299. The van der Waals surface area contributed by atoms with Gasteiger partial charge >= 0.3 is 0 Å². The second-order valence-electron chi connectivity index (χ2n) is 4.57. The summed E-state index contributed by atoms with van der Waals surface area (Å²) in [4.78, 5) is 0. The van der Waals surface area contributed by atoms with Crippen LogP contribution in [0.15, 0.2) is 24.3 Å². The summed E-state index contributed by atoms with van der Waals surface area (Å²) < 4.78 is 0. The fraction of sp³-hybridized carbons (Fsp3) is 0.571. The van der Waals surface area contributed by atoms with Crippen molar-refractivity contribution >= 4 is 5.69 Å². The molecule has 0 amide bonds. The van der Waals surface area contributed by atoms with Crippen molar-refractivity contribution in [2.45, 2.75) is 39.7 Å². The minimum absolute atomic E-state index is 0.219. The van der Waals surface area contributed by atoms with Gasteiger partial charge in [-0.15, -0.1) is 0 Å². The van der Waals surface area contributed by atoms with E-state index in [0.717, 1.165) is 12.8 Å². The van der Waals surface area contributed by atoms with Crippen molar-refractivity contribution < 1.29 is 5.11 Å². The Bertz CT molecular complexity index is 292. The number of hydrogen-bond donors (Lipinski definition) is 2. The molecule has 0 heterocycles. The Hall–Kier alpha value is -1.02. The van der Waals surface area contributed by atoms with E-state index in [9.17, 15) is 0 Å². The monoisotopic (exact) mass is 221 g/mol. The van der Waals surface area contributed by atoms with Gasteiger partial charge in [0.05, 0.1) is 0 Å². The van der Waals surface area contributed by atoms with Gasteiger partial charge in [-0.3, -0.25) is 0 Å². The molecule has 0 saturated heterocycles. The Morgan fingerprint density at radius 3 is 2.25 bits per heavy atom. The van der Waals surface area contributed by atoms with Crippen LogP contribution in [0.1, 0.15) is 32.8 Å². The van der Waals surface area contributed by atoms with Crippen LogP contribution in [0.25, 0.3) is 0 Å². The maximum absolute atomic E-state index is 8.83. The Labute approximate surface area is 98.7 Å². The molecule has 1 rings (SSSR count). The number of hydrogen-bond acceptors (Lipinski definition) is 2. The number of nitrogens with one attached hydrogen (secondary N) is 1. The standard InChI is InChI=1S/C14H23NO/c1-4-14(11(2)3)15-13-7-5-12(6-8-13)9-10-16/h5-8,11,14-16H,4,9-10H2,1-3H3. The zero-order valence-corrected chi connectivity index (χ0v) is 10.5. The van der Waals surface area contributed by atoms with Gasteiger partial charge in [-0.05, 0) is 36.5 Å². The molecule has 2 N–H and O–H groups in total. The minimum Gasteiger partial charge on any atom is -0.396 e. The topological polar surface area (TPSA) is 32.3 Å². The zero-order valence-electron chi connectivity index (χ0n) is 10.5. The SMILES string of the molecule is CCC(Nc1ccc(CCO)cc1)C(C)C. The Kier molecular flexibility index (Phi) is 5.33. The lowest BCUT2D eigenvalue weighted by atomic mass is 10.0. The highest BCUT2D eigenvalue weighted by molar-refractivity contribution is 5.45. The fourth-order valence-electron chi connectivity index (χ4n) is 1.85. The van der Waals surface area contributed by atoms with Crippen molar-refractivity contribution in [1.82, 2.24) is 0 Å². The Morgan fingerprint density at radius 1 is 1.19 bits per heavy atom. The molecule has 2 heteroatoms. The lowest BCUT2D eigenvalue weighted by Gasteiger charge is -2.22. The van der Waals surface area contributed by atoms with Crippen LogP contribution in [0.2, 0.25) is 0 Å². The predicted molar refractivity (Wildman–Crippen MR) is 69.8 cm³/mol. The van der Waals surface area contributed by atoms with Gasteiger partial charge in [0.1, 0.15) is 0 Å². The molecule has 1 aromatic carbocycles. The fourth-order valence-corrected chi connectivity index (χ4v) is 1.85. The first-order valence-corrected chi connectivity index (χ1v) is 6.13. The van der Waals surface area contributed by atoms with Gasteiger partial charge in [0.15, 0.2) is 0 Å². The molecule has 90 valence electrons. The number of benzene rings is 1. The van der Waals surface area contributed by atoms with E-state index in [2.05, 4.69) is 50.4 Å². The first kappa shape index (κ1) is 13.0. The van der Waals surface area contributed by atoms with Gasteiger partial charge in [-0.25, -0.2) is 0 Å². The number of aliphatic hydroxyl groups excluding tert-OH is 1. The highest BCUT2D eigenvalue weighted by Gasteiger charge is 2.09. The summed E-state index contributed by atoms with van der Waals surface area (Å²) in [5.74, 6) is 0.641. The molecule has 1 atom stereocenters. The molecule has 0 aliphatic carbocycles. The summed E-state index contributed by atoms with van der Waals surface area (Å²) in [7, 11) is 0. The summed E-state index contributed by atoms with van der Waals surface area (Å²) >= 11 is 0. The molecule has 0 saturated carbocycles. The zero-order chi connectivity index (χ0) is 12.0. The summed E-state index contributed by atoms with van der Waals surface area (Å²) in [5, 5.41) is 12.4. The van der Waals surface area contributed by atoms with Gasteiger partial charge in [-0.2, -0.15) is 0 Å². The maximum Gasteiger partial charge on any atom is 0.0471 e. The minimum atomic E-state index is 0.219. The van der Waals surface area contributed by atoms with E-state index < -0.39 is 0 Å². The molecule has 0 bridgehead atoms. The molecule has 0 aliphatic rings. The molecule has 16 heavy (non-hydrogen) atoms. The van der Waals surface area contributed by atoms with Crippen LogP contribution in [0.4, 0.5) is 5.69 Å². The van der Waals surface area contributed by atoms with Gasteiger partial charge < -0.3 is 10.4 Å². The van der Waals surface area contributed by atoms with E-state index in [0.29, 0.717) is 12.0 Å². The van der Waals surface area contributed by atoms with Gasteiger partial charge in [0, 0.05) is 18.3 Å². The average Bonchev–Trinajstić information content (AvgIpc) is 2.28. The van der Waals surface area contributed by atoms with Gasteiger partial charge in [0.25, 0.3) is 0 Å². The molecule has 0 spiro atoms. The molecule has 2 nitrogen and oxygen atoms in total. The maximum atomic E-state index is 8.83. The second-order valence-corrected chi connectivity index (χ2v) is 4.57. The molecule has 1 aromatic rings. The van der Waals surface area contributed by atoms with Gasteiger partial charge in [-0.1, -0.05) is 32.9 Å². The highest BCUT2D eigenvalue weighted by Crippen LogP contribution is 2.16. The summed E-state index contributed by atoms with van der Waals surface area (Å²) in [6, 6.07) is 8.87. The largest absolute Gasteiger partial charge is 0.396 e. The molecular weight excluding hydrogens is 198 g/mol. The van der Waals surface area contributed by atoms with Crippen LogP contribution < -0.4 is 5.32 Å². The second kappa shape index (κ2) is 6.54. The van der Waals surface area contributed by atoms with E-state index >= 15 is 0 Å². The van der Waals surface area contributed by atoms with Crippen LogP contribution in [0.3, 0.4) is 0 Å². The molecule has 0 fully saturated rings. The number of rotatable bonds is 6. The van der Waals surface area contributed by atoms with Crippen molar-refractivity contribution in [2.75, 3.05) is 11.9 Å². The van der Waals surface area contributed by atoms with Crippen molar-refractivity contribution in [1.29, 1.82) is 0 Å². The van der Waals surface area contributed by atoms with Crippen LogP contribution in [-0.2, 0) is 6.42 Å². The third-order valence-electron chi connectivity index (χ3n) is 2.95. The molecular formula is C14H23NO. The lowest BCUT2D eigenvalue weighted by Crippen LogP contribution is -2.24. The number of aliphatic hydroxyl groups is 1. The Balaban J connectivity index is 2.60. The third-order valence-corrected chi connectivity index (χ3v) is 2.95. The van der Waals surface area contributed by atoms with Gasteiger partial charge in [0.2, 0.25) is 0 Å².